The summed E-state index contributed by atoms with van der Waals surface area (Å²) in [4.78, 5) is 29.3. The highest BCUT2D eigenvalue weighted by atomic mass is 19.1. The summed E-state index contributed by atoms with van der Waals surface area (Å²) in [6.07, 6.45) is 1.87. The summed E-state index contributed by atoms with van der Waals surface area (Å²) in [6, 6.07) is 7.78. The number of carbonyl (C=O) groups excluding carboxylic acids is 2. The fourth-order valence-corrected chi connectivity index (χ4v) is 3.47. The molecule has 2 heterocycles. The van der Waals surface area contributed by atoms with Crippen LogP contribution in [0.15, 0.2) is 36.5 Å². The first-order chi connectivity index (χ1) is 12.9. The Bertz CT molecular complexity index is 816. The van der Waals surface area contributed by atoms with Crippen LogP contribution in [0.5, 0.6) is 0 Å². The van der Waals surface area contributed by atoms with Crippen LogP contribution < -0.4 is 0 Å². The van der Waals surface area contributed by atoms with E-state index in [0.717, 1.165) is 5.56 Å². The van der Waals surface area contributed by atoms with Crippen molar-refractivity contribution in [3.05, 3.63) is 53.6 Å². The summed E-state index contributed by atoms with van der Waals surface area (Å²) in [5.74, 6) is -0.223. The van der Waals surface area contributed by atoms with Crippen LogP contribution in [0.25, 0.3) is 0 Å². The standard InChI is InChI=1S/C20H25FN4O2/c1-14(2)18-13-24(20(27)17-8-10-22-23(17)3)11-9-19(26)25(18)12-15-4-6-16(21)7-5-15/h4-8,10,14,18H,9,11-13H2,1-3H3. The number of amides is 2. The van der Waals surface area contributed by atoms with Crippen LogP contribution in [0.3, 0.4) is 0 Å². The molecule has 1 aromatic carbocycles. The summed E-state index contributed by atoms with van der Waals surface area (Å²) in [5, 5.41) is 4.06. The molecule has 27 heavy (non-hydrogen) atoms. The van der Waals surface area contributed by atoms with Crippen molar-refractivity contribution >= 4 is 11.8 Å². The third-order valence-corrected chi connectivity index (χ3v) is 5.09. The maximum Gasteiger partial charge on any atom is 0.272 e. The molecule has 2 amide bonds. The SMILES string of the molecule is CC(C)C1CN(C(=O)c2ccnn2C)CCC(=O)N1Cc1ccc(F)cc1. The van der Waals surface area contributed by atoms with Crippen molar-refractivity contribution < 1.29 is 14.0 Å². The number of carbonyl (C=O) groups is 2. The molecule has 1 atom stereocenters. The van der Waals surface area contributed by atoms with Gasteiger partial charge in [-0.15, -0.1) is 0 Å². The molecule has 1 fully saturated rings. The smallest absolute Gasteiger partial charge is 0.272 e. The summed E-state index contributed by atoms with van der Waals surface area (Å²) >= 11 is 0. The molecule has 1 unspecified atom stereocenters. The van der Waals surface area contributed by atoms with Crippen LogP contribution in [0.4, 0.5) is 4.39 Å². The van der Waals surface area contributed by atoms with Gasteiger partial charge in [0.1, 0.15) is 11.5 Å². The van der Waals surface area contributed by atoms with Crippen LogP contribution in [-0.2, 0) is 18.4 Å². The Labute approximate surface area is 158 Å². The van der Waals surface area contributed by atoms with Crippen molar-refractivity contribution in [2.75, 3.05) is 13.1 Å². The first-order valence-corrected chi connectivity index (χ1v) is 9.18. The van der Waals surface area contributed by atoms with Gasteiger partial charge in [0, 0.05) is 39.3 Å². The van der Waals surface area contributed by atoms with Crippen molar-refractivity contribution in [2.24, 2.45) is 13.0 Å². The summed E-state index contributed by atoms with van der Waals surface area (Å²) < 4.78 is 14.7. The second-order valence-corrected chi connectivity index (χ2v) is 7.30. The van der Waals surface area contributed by atoms with Gasteiger partial charge in [-0.25, -0.2) is 4.39 Å². The van der Waals surface area contributed by atoms with Crippen LogP contribution >= 0.6 is 0 Å². The number of aromatic nitrogens is 2. The average molecular weight is 372 g/mol. The molecule has 144 valence electrons. The monoisotopic (exact) mass is 372 g/mol. The van der Waals surface area contributed by atoms with Gasteiger partial charge in [-0.1, -0.05) is 26.0 Å². The Morgan fingerprint density at radius 1 is 1.26 bits per heavy atom. The fourth-order valence-electron chi connectivity index (χ4n) is 3.47. The van der Waals surface area contributed by atoms with E-state index >= 15 is 0 Å². The summed E-state index contributed by atoms with van der Waals surface area (Å²) in [7, 11) is 1.73. The zero-order valence-corrected chi connectivity index (χ0v) is 15.9. The lowest BCUT2D eigenvalue weighted by atomic mass is 10.0. The largest absolute Gasteiger partial charge is 0.335 e. The van der Waals surface area contributed by atoms with Gasteiger partial charge in [0.15, 0.2) is 0 Å². The van der Waals surface area contributed by atoms with Crippen LogP contribution in [0.2, 0.25) is 0 Å². The van der Waals surface area contributed by atoms with E-state index in [4.69, 9.17) is 0 Å². The van der Waals surface area contributed by atoms with Crippen molar-refractivity contribution in [3.8, 4) is 0 Å². The van der Waals surface area contributed by atoms with E-state index in [0.29, 0.717) is 25.3 Å². The first kappa shape index (κ1) is 19.1. The molecule has 0 spiro atoms. The van der Waals surface area contributed by atoms with E-state index in [-0.39, 0.29) is 36.0 Å². The van der Waals surface area contributed by atoms with Gasteiger partial charge in [-0.05, 0) is 29.7 Å². The minimum Gasteiger partial charge on any atom is -0.335 e. The quantitative estimate of drug-likeness (QED) is 0.828. The van der Waals surface area contributed by atoms with E-state index in [1.54, 1.807) is 41.0 Å². The van der Waals surface area contributed by atoms with Crippen LogP contribution in [0, 0.1) is 11.7 Å². The van der Waals surface area contributed by atoms with Gasteiger partial charge in [-0.3, -0.25) is 14.3 Å². The molecule has 0 radical (unpaired) electrons. The van der Waals surface area contributed by atoms with Gasteiger partial charge >= 0.3 is 0 Å². The highest BCUT2D eigenvalue weighted by Crippen LogP contribution is 2.22. The molecule has 0 saturated carbocycles. The van der Waals surface area contributed by atoms with Crippen LogP contribution in [0.1, 0.15) is 36.3 Å². The molecule has 0 N–H and O–H groups in total. The number of benzene rings is 1. The molecule has 1 aromatic heterocycles. The minimum absolute atomic E-state index is 0.0123. The highest BCUT2D eigenvalue weighted by molar-refractivity contribution is 5.93. The van der Waals surface area contributed by atoms with Crippen molar-refractivity contribution in [1.82, 2.24) is 19.6 Å². The molecule has 7 heteroatoms. The number of halogens is 1. The predicted molar refractivity (Wildman–Crippen MR) is 99.3 cm³/mol. The molecule has 1 aliphatic heterocycles. The van der Waals surface area contributed by atoms with Gasteiger partial charge in [-0.2, -0.15) is 5.10 Å². The Balaban J connectivity index is 1.83. The summed E-state index contributed by atoms with van der Waals surface area (Å²) in [5.41, 5.74) is 1.39. The lowest BCUT2D eigenvalue weighted by molar-refractivity contribution is -0.134. The Morgan fingerprint density at radius 2 is 1.96 bits per heavy atom. The number of nitrogens with zero attached hydrogens (tertiary/aromatic N) is 4. The third-order valence-electron chi connectivity index (χ3n) is 5.09. The highest BCUT2D eigenvalue weighted by Gasteiger charge is 2.34. The van der Waals surface area contributed by atoms with E-state index in [1.165, 1.54) is 12.1 Å². The molecular weight excluding hydrogens is 347 g/mol. The molecule has 0 bridgehead atoms. The topological polar surface area (TPSA) is 58.4 Å². The lowest BCUT2D eigenvalue weighted by Gasteiger charge is -2.34. The van der Waals surface area contributed by atoms with Gasteiger partial charge < -0.3 is 9.80 Å². The van der Waals surface area contributed by atoms with E-state index in [2.05, 4.69) is 5.10 Å². The van der Waals surface area contributed by atoms with E-state index in [1.807, 2.05) is 18.7 Å². The van der Waals surface area contributed by atoms with Gasteiger partial charge in [0.25, 0.3) is 5.91 Å². The Kier molecular flexibility index (Phi) is 5.58. The zero-order valence-electron chi connectivity index (χ0n) is 15.9. The molecular formula is C20H25FN4O2. The molecule has 6 nitrogen and oxygen atoms in total. The van der Waals surface area contributed by atoms with Crippen molar-refractivity contribution in [2.45, 2.75) is 32.9 Å². The van der Waals surface area contributed by atoms with Crippen molar-refractivity contribution in [1.29, 1.82) is 0 Å². The number of hydrogen-bond donors (Lipinski definition) is 0. The van der Waals surface area contributed by atoms with Gasteiger partial charge in [0.2, 0.25) is 5.91 Å². The summed E-state index contributed by atoms with van der Waals surface area (Å²) in [6.45, 7) is 5.36. The molecule has 3 rings (SSSR count). The fraction of sp³-hybridized carbons (Fsp3) is 0.450. The first-order valence-electron chi connectivity index (χ1n) is 9.18. The Morgan fingerprint density at radius 3 is 2.56 bits per heavy atom. The van der Waals surface area contributed by atoms with Crippen molar-refractivity contribution in [3.63, 3.8) is 0 Å². The molecule has 2 aromatic rings. The molecule has 1 aliphatic rings. The maximum atomic E-state index is 13.2. The van der Waals surface area contributed by atoms with E-state index in [9.17, 15) is 14.0 Å². The second kappa shape index (κ2) is 7.90. The number of rotatable bonds is 4. The van der Waals surface area contributed by atoms with Gasteiger partial charge in [0.05, 0.1) is 6.04 Å². The third kappa shape index (κ3) is 4.18. The zero-order chi connectivity index (χ0) is 19.6. The van der Waals surface area contributed by atoms with E-state index < -0.39 is 0 Å². The normalized spacial score (nSPS) is 18.1. The van der Waals surface area contributed by atoms with Crippen LogP contribution in [-0.4, -0.2) is 50.5 Å². The maximum absolute atomic E-state index is 13.2. The number of aryl methyl sites for hydroxylation is 1. The lowest BCUT2D eigenvalue weighted by Crippen LogP contribution is -2.47. The predicted octanol–water partition coefficient (Wildman–Crippen LogP) is 2.46. The average Bonchev–Trinajstić information content (AvgIpc) is 2.99. The molecule has 0 aliphatic carbocycles. The molecule has 1 saturated heterocycles. The minimum atomic E-state index is -0.297. The number of hydrogen-bond acceptors (Lipinski definition) is 3. The Hall–Kier alpha value is -2.70. The second-order valence-electron chi connectivity index (χ2n) is 7.30.